The van der Waals surface area contributed by atoms with Crippen molar-refractivity contribution in [3.8, 4) is 11.5 Å². The van der Waals surface area contributed by atoms with Gasteiger partial charge in [-0.1, -0.05) is 0 Å². The maximum absolute atomic E-state index is 11.1. The van der Waals surface area contributed by atoms with E-state index in [1.807, 2.05) is 13.8 Å². The molecular formula is C14H22N2O4. The average Bonchev–Trinajstić information content (AvgIpc) is 2.37. The highest BCUT2D eigenvalue weighted by Gasteiger charge is 2.20. The number of nitrogens with zero attached hydrogens (tertiary/aromatic N) is 1. The predicted molar refractivity (Wildman–Crippen MR) is 77.4 cm³/mol. The fourth-order valence-electron chi connectivity index (χ4n) is 1.88. The predicted octanol–water partition coefficient (Wildman–Crippen LogP) is 2.67. The number of nitro benzene ring substituents is 1. The first-order valence-corrected chi connectivity index (χ1v) is 6.82. The van der Waals surface area contributed by atoms with Gasteiger partial charge in [-0.05, 0) is 33.6 Å². The Balaban J connectivity index is 3.17. The first kappa shape index (κ1) is 16.2. The minimum atomic E-state index is -0.434. The quantitative estimate of drug-likeness (QED) is 0.585. The van der Waals surface area contributed by atoms with E-state index >= 15 is 0 Å². The molecule has 0 saturated carbocycles. The third-order valence-electron chi connectivity index (χ3n) is 2.81. The van der Waals surface area contributed by atoms with Crippen LogP contribution in [0.15, 0.2) is 12.1 Å². The Kier molecular flexibility index (Phi) is 6.24. The second kappa shape index (κ2) is 7.69. The SMILES string of the molecule is CCOc1cc(OCC)c([N+](=O)[O-])cc1CCC(C)N. The molecule has 0 aliphatic carbocycles. The third-order valence-corrected chi connectivity index (χ3v) is 2.81. The van der Waals surface area contributed by atoms with Crippen LogP contribution in [-0.4, -0.2) is 24.2 Å². The molecule has 0 fully saturated rings. The molecule has 0 aliphatic rings. The number of hydrogen-bond acceptors (Lipinski definition) is 5. The van der Waals surface area contributed by atoms with Gasteiger partial charge in [0.1, 0.15) is 5.75 Å². The Hall–Kier alpha value is -1.82. The highest BCUT2D eigenvalue weighted by Crippen LogP contribution is 2.35. The lowest BCUT2D eigenvalue weighted by Gasteiger charge is -2.14. The van der Waals surface area contributed by atoms with Crippen molar-refractivity contribution < 1.29 is 14.4 Å². The molecule has 6 heteroatoms. The van der Waals surface area contributed by atoms with Gasteiger partial charge in [-0.15, -0.1) is 0 Å². The number of nitrogens with two attached hydrogens (primary N) is 1. The summed E-state index contributed by atoms with van der Waals surface area (Å²) >= 11 is 0. The number of hydrogen-bond donors (Lipinski definition) is 1. The van der Waals surface area contributed by atoms with Crippen molar-refractivity contribution in [2.75, 3.05) is 13.2 Å². The summed E-state index contributed by atoms with van der Waals surface area (Å²) in [6, 6.07) is 3.16. The lowest BCUT2D eigenvalue weighted by atomic mass is 10.0. The van der Waals surface area contributed by atoms with E-state index in [2.05, 4.69) is 0 Å². The molecule has 1 aromatic rings. The zero-order chi connectivity index (χ0) is 15.1. The van der Waals surface area contributed by atoms with Crippen LogP contribution in [0.25, 0.3) is 0 Å². The van der Waals surface area contributed by atoms with E-state index in [0.717, 1.165) is 12.0 Å². The summed E-state index contributed by atoms with van der Waals surface area (Å²) in [6.45, 7) is 6.43. The van der Waals surface area contributed by atoms with Crippen molar-refractivity contribution in [3.63, 3.8) is 0 Å². The number of aryl methyl sites for hydroxylation is 1. The summed E-state index contributed by atoms with van der Waals surface area (Å²) in [6.07, 6.45) is 1.38. The molecule has 1 atom stereocenters. The zero-order valence-corrected chi connectivity index (χ0v) is 12.2. The normalized spacial score (nSPS) is 12.0. The topological polar surface area (TPSA) is 87.6 Å². The van der Waals surface area contributed by atoms with E-state index in [9.17, 15) is 10.1 Å². The largest absolute Gasteiger partial charge is 0.493 e. The maximum atomic E-state index is 11.1. The molecule has 1 unspecified atom stereocenters. The smallest absolute Gasteiger partial charge is 0.311 e. The van der Waals surface area contributed by atoms with Gasteiger partial charge in [0, 0.05) is 23.7 Å². The molecule has 0 aliphatic heterocycles. The van der Waals surface area contributed by atoms with Gasteiger partial charge in [0.25, 0.3) is 0 Å². The monoisotopic (exact) mass is 282 g/mol. The van der Waals surface area contributed by atoms with Crippen LogP contribution < -0.4 is 15.2 Å². The average molecular weight is 282 g/mol. The fraction of sp³-hybridized carbons (Fsp3) is 0.571. The molecule has 2 N–H and O–H groups in total. The molecule has 112 valence electrons. The molecule has 20 heavy (non-hydrogen) atoms. The highest BCUT2D eigenvalue weighted by atomic mass is 16.6. The van der Waals surface area contributed by atoms with Crippen LogP contribution in [-0.2, 0) is 6.42 Å². The molecule has 0 heterocycles. The summed E-state index contributed by atoms with van der Waals surface area (Å²) in [4.78, 5) is 10.7. The third kappa shape index (κ3) is 4.38. The first-order chi connectivity index (χ1) is 9.49. The molecule has 0 saturated heterocycles. The van der Waals surface area contributed by atoms with Gasteiger partial charge in [0.2, 0.25) is 5.75 Å². The summed E-state index contributed by atoms with van der Waals surface area (Å²) in [5.74, 6) is 0.868. The lowest BCUT2D eigenvalue weighted by molar-refractivity contribution is -0.385. The van der Waals surface area contributed by atoms with Crippen molar-refractivity contribution in [1.82, 2.24) is 0 Å². The molecule has 1 aromatic carbocycles. The molecule has 0 aromatic heterocycles. The van der Waals surface area contributed by atoms with E-state index in [1.165, 1.54) is 6.07 Å². The van der Waals surface area contributed by atoms with Gasteiger partial charge in [0.05, 0.1) is 18.1 Å². The van der Waals surface area contributed by atoms with Crippen LogP contribution in [0, 0.1) is 10.1 Å². The Morgan fingerprint density at radius 3 is 2.35 bits per heavy atom. The molecule has 0 bridgehead atoms. The number of nitro groups is 1. The standard InChI is InChI=1S/C14H22N2O4/c1-4-19-13-9-14(20-5-2)12(16(17)18)8-11(13)7-6-10(3)15/h8-10H,4-7,15H2,1-3H3. The molecule has 0 amide bonds. The van der Waals surface area contributed by atoms with Crippen LogP contribution in [0.3, 0.4) is 0 Å². The van der Waals surface area contributed by atoms with Crippen LogP contribution in [0.4, 0.5) is 5.69 Å². The van der Waals surface area contributed by atoms with E-state index in [4.69, 9.17) is 15.2 Å². The van der Waals surface area contributed by atoms with E-state index in [1.54, 1.807) is 13.0 Å². The fourth-order valence-corrected chi connectivity index (χ4v) is 1.88. The van der Waals surface area contributed by atoms with Crippen LogP contribution in [0.1, 0.15) is 32.8 Å². The van der Waals surface area contributed by atoms with Crippen LogP contribution in [0.5, 0.6) is 11.5 Å². The Bertz CT molecular complexity index is 461. The highest BCUT2D eigenvalue weighted by molar-refractivity contribution is 5.55. The van der Waals surface area contributed by atoms with Gasteiger partial charge in [-0.2, -0.15) is 0 Å². The minimum Gasteiger partial charge on any atom is -0.493 e. The van der Waals surface area contributed by atoms with Crippen molar-refractivity contribution in [2.45, 2.75) is 39.7 Å². The maximum Gasteiger partial charge on any atom is 0.311 e. The summed E-state index contributed by atoms with van der Waals surface area (Å²) in [5.41, 5.74) is 6.50. The first-order valence-electron chi connectivity index (χ1n) is 6.82. The summed E-state index contributed by atoms with van der Waals surface area (Å²) in [5, 5.41) is 11.1. The molecule has 0 radical (unpaired) electrons. The van der Waals surface area contributed by atoms with Gasteiger partial charge in [-0.25, -0.2) is 0 Å². The lowest BCUT2D eigenvalue weighted by Crippen LogP contribution is -2.15. The van der Waals surface area contributed by atoms with E-state index < -0.39 is 4.92 Å². The summed E-state index contributed by atoms with van der Waals surface area (Å²) in [7, 11) is 0. The summed E-state index contributed by atoms with van der Waals surface area (Å²) < 4.78 is 10.9. The van der Waals surface area contributed by atoms with Crippen LogP contribution >= 0.6 is 0 Å². The Morgan fingerprint density at radius 2 is 1.85 bits per heavy atom. The van der Waals surface area contributed by atoms with E-state index in [0.29, 0.717) is 25.4 Å². The van der Waals surface area contributed by atoms with Crippen molar-refractivity contribution in [3.05, 3.63) is 27.8 Å². The molecule has 1 rings (SSSR count). The minimum absolute atomic E-state index is 0.0324. The Morgan fingerprint density at radius 1 is 1.25 bits per heavy atom. The van der Waals surface area contributed by atoms with Gasteiger partial charge in [0.15, 0.2) is 0 Å². The molecule has 0 spiro atoms. The second-order valence-electron chi connectivity index (χ2n) is 4.57. The van der Waals surface area contributed by atoms with Crippen molar-refractivity contribution in [1.29, 1.82) is 0 Å². The van der Waals surface area contributed by atoms with Gasteiger partial charge < -0.3 is 15.2 Å². The second-order valence-corrected chi connectivity index (χ2v) is 4.57. The van der Waals surface area contributed by atoms with Crippen molar-refractivity contribution in [2.24, 2.45) is 5.73 Å². The van der Waals surface area contributed by atoms with Gasteiger partial charge >= 0.3 is 5.69 Å². The zero-order valence-electron chi connectivity index (χ0n) is 12.2. The van der Waals surface area contributed by atoms with Crippen LogP contribution in [0.2, 0.25) is 0 Å². The van der Waals surface area contributed by atoms with Crippen molar-refractivity contribution >= 4 is 5.69 Å². The number of ether oxygens (including phenoxy) is 2. The van der Waals surface area contributed by atoms with Gasteiger partial charge in [-0.3, -0.25) is 10.1 Å². The number of rotatable bonds is 8. The van der Waals surface area contributed by atoms with E-state index in [-0.39, 0.29) is 17.5 Å². The molecule has 6 nitrogen and oxygen atoms in total. The Labute approximate surface area is 119 Å². The molecular weight excluding hydrogens is 260 g/mol. The number of benzene rings is 1.